The maximum absolute atomic E-state index is 14.2. The second-order valence-electron chi connectivity index (χ2n) is 8.61. The quantitative estimate of drug-likeness (QED) is 0.776. The maximum Gasteiger partial charge on any atom is 0.321 e. The number of rotatable bonds is 2. The summed E-state index contributed by atoms with van der Waals surface area (Å²) in [5.74, 6) is -1.25. The van der Waals surface area contributed by atoms with Gasteiger partial charge in [-0.25, -0.2) is 13.6 Å². The Hall–Kier alpha value is -3.04. The van der Waals surface area contributed by atoms with Crippen molar-refractivity contribution in [2.24, 2.45) is 0 Å². The van der Waals surface area contributed by atoms with E-state index in [1.54, 1.807) is 21.9 Å². The van der Waals surface area contributed by atoms with E-state index in [2.05, 4.69) is 10.2 Å². The highest BCUT2D eigenvalue weighted by atomic mass is 19.1. The fraction of sp³-hybridized carbons (Fsp3) is 0.391. The summed E-state index contributed by atoms with van der Waals surface area (Å²) in [4.78, 5) is 31.5. The van der Waals surface area contributed by atoms with Crippen LogP contribution >= 0.6 is 0 Å². The lowest BCUT2D eigenvalue weighted by Crippen LogP contribution is -2.81. The lowest BCUT2D eigenvalue weighted by atomic mass is 9.82. The number of nitrogens with zero attached hydrogens (tertiary/aromatic N) is 3. The molecule has 32 heavy (non-hydrogen) atoms. The molecule has 1 N–H and O–H groups in total. The summed E-state index contributed by atoms with van der Waals surface area (Å²) < 4.78 is 33.0. The highest BCUT2D eigenvalue weighted by Gasteiger charge is 2.56. The molecule has 3 amide bonds. The van der Waals surface area contributed by atoms with Crippen molar-refractivity contribution in [3.8, 4) is 0 Å². The fourth-order valence-corrected chi connectivity index (χ4v) is 4.98. The Balaban J connectivity index is 1.32. The number of likely N-dealkylation sites (tertiary alicyclic amines) is 1. The number of amides is 3. The molecule has 0 aliphatic carbocycles. The largest absolute Gasteiger partial charge is 0.378 e. The zero-order valence-corrected chi connectivity index (χ0v) is 17.5. The van der Waals surface area contributed by atoms with Crippen molar-refractivity contribution in [3.05, 3.63) is 65.7 Å². The SMILES string of the molecule is O=C(Nc1ccc(F)cc1)N1CC2(C1)CN(C(=O)c1ccccc1F)C[C@@H]1COCCN12. The molecule has 2 aromatic rings. The zero-order chi connectivity index (χ0) is 22.3. The van der Waals surface area contributed by atoms with E-state index in [9.17, 15) is 18.4 Å². The summed E-state index contributed by atoms with van der Waals surface area (Å²) in [5.41, 5.74) is 0.174. The molecule has 168 valence electrons. The molecule has 0 saturated carbocycles. The van der Waals surface area contributed by atoms with Crippen LogP contribution in [-0.2, 0) is 4.74 Å². The van der Waals surface area contributed by atoms with E-state index in [0.29, 0.717) is 45.1 Å². The standard InChI is InChI=1S/C23H24F2N4O3/c24-16-5-7-17(8-6-16)26-22(31)28-14-23(15-28)13-27(11-18-12-32-10-9-29(18)23)21(30)19-3-1-2-4-20(19)25/h1-8,18H,9-15H2,(H,26,31)/t18-/m1/s1. The van der Waals surface area contributed by atoms with Gasteiger partial charge in [-0.1, -0.05) is 12.1 Å². The van der Waals surface area contributed by atoms with Gasteiger partial charge >= 0.3 is 6.03 Å². The average molecular weight is 442 g/mol. The predicted molar refractivity (Wildman–Crippen MR) is 113 cm³/mol. The first-order valence-electron chi connectivity index (χ1n) is 10.6. The smallest absolute Gasteiger partial charge is 0.321 e. The molecule has 0 aromatic heterocycles. The van der Waals surface area contributed by atoms with Gasteiger partial charge in [-0.3, -0.25) is 9.69 Å². The van der Waals surface area contributed by atoms with Crippen LogP contribution in [0.1, 0.15) is 10.4 Å². The molecule has 0 bridgehead atoms. The first kappa shape index (κ1) is 20.8. The summed E-state index contributed by atoms with van der Waals surface area (Å²) in [5, 5.41) is 2.78. The summed E-state index contributed by atoms with van der Waals surface area (Å²) in [6.07, 6.45) is 0. The molecule has 0 unspecified atom stereocenters. The number of morpholine rings is 1. The van der Waals surface area contributed by atoms with Crippen LogP contribution in [0.4, 0.5) is 19.3 Å². The Kier molecular flexibility index (Phi) is 5.30. The number of carbonyl (C=O) groups is 2. The van der Waals surface area contributed by atoms with E-state index in [1.807, 2.05) is 0 Å². The van der Waals surface area contributed by atoms with Crippen LogP contribution in [-0.4, -0.2) is 84.2 Å². The normalized spacial score (nSPS) is 22.2. The van der Waals surface area contributed by atoms with Crippen molar-refractivity contribution in [2.45, 2.75) is 11.6 Å². The number of hydrogen-bond acceptors (Lipinski definition) is 4. The molecule has 3 fully saturated rings. The third-order valence-corrected chi connectivity index (χ3v) is 6.50. The molecular formula is C23H24F2N4O3. The topological polar surface area (TPSA) is 65.1 Å². The van der Waals surface area contributed by atoms with Crippen LogP contribution < -0.4 is 5.32 Å². The van der Waals surface area contributed by atoms with E-state index >= 15 is 0 Å². The van der Waals surface area contributed by atoms with Gasteiger partial charge in [0, 0.05) is 38.4 Å². The van der Waals surface area contributed by atoms with Crippen molar-refractivity contribution in [3.63, 3.8) is 0 Å². The van der Waals surface area contributed by atoms with E-state index in [1.165, 1.54) is 36.4 Å². The number of nitrogens with one attached hydrogen (secondary N) is 1. The third kappa shape index (κ3) is 3.71. The van der Waals surface area contributed by atoms with Crippen LogP contribution in [0.15, 0.2) is 48.5 Å². The van der Waals surface area contributed by atoms with Gasteiger partial charge in [0.15, 0.2) is 0 Å². The summed E-state index contributed by atoms with van der Waals surface area (Å²) in [6, 6.07) is 11.3. The average Bonchev–Trinajstić information content (AvgIpc) is 2.78. The number of benzene rings is 2. The van der Waals surface area contributed by atoms with Crippen LogP contribution in [0.3, 0.4) is 0 Å². The Morgan fingerprint density at radius 1 is 1.00 bits per heavy atom. The van der Waals surface area contributed by atoms with Crippen molar-refractivity contribution in [2.75, 3.05) is 51.3 Å². The van der Waals surface area contributed by atoms with E-state index in [0.717, 1.165) is 6.54 Å². The summed E-state index contributed by atoms with van der Waals surface area (Å²) in [7, 11) is 0. The number of ether oxygens (including phenoxy) is 1. The van der Waals surface area contributed by atoms with Crippen LogP contribution in [0, 0.1) is 11.6 Å². The van der Waals surface area contributed by atoms with Gasteiger partial charge in [0.2, 0.25) is 0 Å². The van der Waals surface area contributed by atoms with Gasteiger partial charge in [0.1, 0.15) is 11.6 Å². The second-order valence-corrected chi connectivity index (χ2v) is 8.61. The Labute approximate surface area is 184 Å². The third-order valence-electron chi connectivity index (χ3n) is 6.50. The number of hydrogen-bond donors (Lipinski definition) is 1. The Bertz CT molecular complexity index is 1030. The number of halogens is 2. The first-order valence-corrected chi connectivity index (χ1v) is 10.6. The maximum atomic E-state index is 14.2. The van der Waals surface area contributed by atoms with E-state index in [-0.39, 0.29) is 29.4 Å². The monoisotopic (exact) mass is 442 g/mol. The lowest BCUT2D eigenvalue weighted by Gasteiger charge is -2.63. The van der Waals surface area contributed by atoms with Crippen LogP contribution in [0.25, 0.3) is 0 Å². The highest BCUT2D eigenvalue weighted by Crippen LogP contribution is 2.36. The molecule has 3 aliphatic rings. The number of fused-ring (bicyclic) bond motifs is 2. The van der Waals surface area contributed by atoms with Crippen molar-refractivity contribution >= 4 is 17.6 Å². The van der Waals surface area contributed by atoms with Crippen LogP contribution in [0.5, 0.6) is 0 Å². The van der Waals surface area contributed by atoms with Gasteiger partial charge in [0.05, 0.1) is 30.4 Å². The number of piperazine rings is 1. The first-order chi connectivity index (χ1) is 15.4. The Morgan fingerprint density at radius 3 is 2.47 bits per heavy atom. The molecule has 1 atom stereocenters. The molecule has 1 spiro atoms. The van der Waals surface area contributed by atoms with Gasteiger partial charge in [-0.15, -0.1) is 0 Å². The van der Waals surface area contributed by atoms with Gasteiger partial charge in [-0.2, -0.15) is 0 Å². The van der Waals surface area contributed by atoms with Gasteiger partial charge < -0.3 is 19.9 Å². The van der Waals surface area contributed by atoms with E-state index in [4.69, 9.17) is 4.74 Å². The van der Waals surface area contributed by atoms with Gasteiger partial charge in [0.25, 0.3) is 5.91 Å². The van der Waals surface area contributed by atoms with E-state index < -0.39 is 11.4 Å². The highest BCUT2D eigenvalue weighted by molar-refractivity contribution is 5.95. The predicted octanol–water partition coefficient (Wildman–Crippen LogP) is 2.41. The molecule has 5 rings (SSSR count). The zero-order valence-electron chi connectivity index (χ0n) is 17.5. The number of carbonyl (C=O) groups excluding carboxylic acids is 2. The molecule has 3 heterocycles. The second kappa shape index (κ2) is 8.14. The molecule has 2 aromatic carbocycles. The number of urea groups is 1. The lowest BCUT2D eigenvalue weighted by molar-refractivity contribution is -0.147. The Morgan fingerprint density at radius 2 is 1.72 bits per heavy atom. The molecule has 3 aliphatic heterocycles. The molecule has 9 heteroatoms. The molecule has 3 saturated heterocycles. The summed E-state index contributed by atoms with van der Waals surface area (Å²) >= 11 is 0. The van der Waals surface area contributed by atoms with Crippen LogP contribution in [0.2, 0.25) is 0 Å². The van der Waals surface area contributed by atoms with Crippen molar-refractivity contribution in [1.29, 1.82) is 0 Å². The minimum atomic E-state index is -0.539. The molecule has 7 nitrogen and oxygen atoms in total. The molecular weight excluding hydrogens is 418 g/mol. The minimum absolute atomic E-state index is 0.00414. The fourth-order valence-electron chi connectivity index (χ4n) is 4.98. The summed E-state index contributed by atoms with van der Waals surface area (Å²) in [6.45, 7) is 3.56. The van der Waals surface area contributed by atoms with Crippen molar-refractivity contribution < 1.29 is 23.1 Å². The van der Waals surface area contributed by atoms with Crippen molar-refractivity contribution in [1.82, 2.24) is 14.7 Å². The molecule has 0 radical (unpaired) electrons. The minimum Gasteiger partial charge on any atom is -0.378 e. The van der Waals surface area contributed by atoms with Gasteiger partial charge in [-0.05, 0) is 36.4 Å². The number of anilines is 1.